The Morgan fingerprint density at radius 1 is 1.67 bits per heavy atom. The second kappa shape index (κ2) is 5.97. The number of carboxylic acid groups (broad SMARTS) is 1. The summed E-state index contributed by atoms with van der Waals surface area (Å²) < 4.78 is 5.26. The molecule has 72 valence electrons. The average Bonchev–Trinajstić information content (AvgIpc) is 2.04. The fraction of sp³-hybridized carbons (Fsp3) is 0.875. The highest BCUT2D eigenvalue weighted by Gasteiger charge is 2.15. The molecule has 4 nitrogen and oxygen atoms in total. The molecule has 12 heavy (non-hydrogen) atoms. The van der Waals surface area contributed by atoms with Crippen molar-refractivity contribution >= 4 is 5.97 Å². The van der Waals surface area contributed by atoms with E-state index in [2.05, 4.69) is 5.32 Å². The quantitative estimate of drug-likeness (QED) is 0.616. The van der Waals surface area contributed by atoms with Crippen LogP contribution in [0.15, 0.2) is 0 Å². The molecule has 0 rings (SSSR count). The van der Waals surface area contributed by atoms with Crippen molar-refractivity contribution in [1.82, 2.24) is 5.32 Å². The third-order valence-corrected chi connectivity index (χ3v) is 1.77. The van der Waals surface area contributed by atoms with E-state index in [1.54, 1.807) is 7.05 Å². The molecule has 2 atom stereocenters. The lowest BCUT2D eigenvalue weighted by molar-refractivity contribution is -0.141. The van der Waals surface area contributed by atoms with Gasteiger partial charge in [-0.15, -0.1) is 0 Å². The van der Waals surface area contributed by atoms with Crippen LogP contribution in [0.5, 0.6) is 0 Å². The maximum Gasteiger partial charge on any atom is 0.323 e. The van der Waals surface area contributed by atoms with Crippen LogP contribution < -0.4 is 5.32 Å². The molecule has 4 heteroatoms. The second-order valence-electron chi connectivity index (χ2n) is 2.73. The van der Waals surface area contributed by atoms with E-state index in [0.717, 1.165) is 6.42 Å². The first-order valence-electron chi connectivity index (χ1n) is 4.13. The fourth-order valence-electron chi connectivity index (χ4n) is 0.656. The molecule has 0 aromatic heterocycles. The molecule has 0 fully saturated rings. The highest BCUT2D eigenvalue weighted by molar-refractivity contribution is 5.73. The van der Waals surface area contributed by atoms with Gasteiger partial charge in [0.05, 0.1) is 12.7 Å². The minimum atomic E-state index is -0.874. The maximum atomic E-state index is 10.5. The van der Waals surface area contributed by atoms with E-state index in [1.165, 1.54) is 0 Å². The van der Waals surface area contributed by atoms with Gasteiger partial charge in [-0.2, -0.15) is 0 Å². The van der Waals surface area contributed by atoms with Crippen molar-refractivity contribution in [3.8, 4) is 0 Å². The van der Waals surface area contributed by atoms with Gasteiger partial charge in [-0.3, -0.25) is 4.79 Å². The lowest BCUT2D eigenvalue weighted by Crippen LogP contribution is -2.38. The molecule has 0 radical (unpaired) electrons. The van der Waals surface area contributed by atoms with Crippen molar-refractivity contribution in [3.05, 3.63) is 0 Å². The standard InChI is InChI=1S/C8H17NO3/c1-4-6(2)12-5-7(9-3)8(10)11/h6-7,9H,4-5H2,1-3H3,(H,10,11). The Bertz CT molecular complexity index is 138. The normalized spacial score (nSPS) is 15.6. The highest BCUT2D eigenvalue weighted by Crippen LogP contribution is 1.97. The zero-order chi connectivity index (χ0) is 9.56. The van der Waals surface area contributed by atoms with Crippen LogP contribution >= 0.6 is 0 Å². The van der Waals surface area contributed by atoms with Crippen molar-refractivity contribution in [1.29, 1.82) is 0 Å². The third kappa shape index (κ3) is 4.31. The smallest absolute Gasteiger partial charge is 0.323 e. The molecule has 0 bridgehead atoms. The summed E-state index contributed by atoms with van der Waals surface area (Å²) in [4.78, 5) is 10.5. The van der Waals surface area contributed by atoms with Crippen LogP contribution in [-0.4, -0.2) is 36.9 Å². The molecule has 0 aliphatic heterocycles. The number of hydrogen-bond donors (Lipinski definition) is 2. The molecule has 0 aromatic carbocycles. The second-order valence-corrected chi connectivity index (χ2v) is 2.73. The van der Waals surface area contributed by atoms with E-state index in [1.807, 2.05) is 13.8 Å². The molecular weight excluding hydrogens is 158 g/mol. The number of rotatable bonds is 6. The van der Waals surface area contributed by atoms with E-state index in [-0.39, 0.29) is 12.7 Å². The lowest BCUT2D eigenvalue weighted by Gasteiger charge is -2.15. The summed E-state index contributed by atoms with van der Waals surface area (Å²) in [6.07, 6.45) is 1.02. The summed E-state index contributed by atoms with van der Waals surface area (Å²) in [5.41, 5.74) is 0. The number of aliphatic carboxylic acids is 1. The van der Waals surface area contributed by atoms with Crippen molar-refractivity contribution in [2.45, 2.75) is 32.4 Å². The van der Waals surface area contributed by atoms with Gasteiger partial charge in [0.2, 0.25) is 0 Å². The summed E-state index contributed by atoms with van der Waals surface area (Å²) >= 11 is 0. The summed E-state index contributed by atoms with van der Waals surface area (Å²) in [6, 6.07) is -0.598. The molecule has 0 aromatic rings. The molecule has 0 aliphatic rings. The van der Waals surface area contributed by atoms with Crippen LogP contribution in [0, 0.1) is 0 Å². The Kier molecular flexibility index (Phi) is 5.66. The van der Waals surface area contributed by atoms with Gasteiger partial charge in [0, 0.05) is 0 Å². The van der Waals surface area contributed by atoms with Gasteiger partial charge in [0.15, 0.2) is 0 Å². The number of likely N-dealkylation sites (N-methyl/N-ethyl adjacent to an activating group) is 1. The maximum absolute atomic E-state index is 10.5. The molecule has 0 saturated carbocycles. The molecule has 0 spiro atoms. The van der Waals surface area contributed by atoms with Crippen molar-refractivity contribution < 1.29 is 14.6 Å². The van der Waals surface area contributed by atoms with E-state index in [0.29, 0.717) is 0 Å². The predicted octanol–water partition coefficient (Wildman–Crippen LogP) is 0.474. The summed E-state index contributed by atoms with van der Waals surface area (Å²) in [5.74, 6) is -0.874. The van der Waals surface area contributed by atoms with Crippen LogP contribution in [0.25, 0.3) is 0 Å². The van der Waals surface area contributed by atoms with Gasteiger partial charge in [0.25, 0.3) is 0 Å². The molecular formula is C8H17NO3. The molecule has 0 heterocycles. The Morgan fingerprint density at radius 2 is 2.25 bits per heavy atom. The molecule has 0 amide bonds. The Balaban J connectivity index is 3.65. The number of carboxylic acids is 1. The topological polar surface area (TPSA) is 58.6 Å². The number of hydrogen-bond acceptors (Lipinski definition) is 3. The minimum absolute atomic E-state index is 0.125. The molecule has 0 aliphatic carbocycles. The van der Waals surface area contributed by atoms with Crippen molar-refractivity contribution in [2.75, 3.05) is 13.7 Å². The largest absolute Gasteiger partial charge is 0.480 e. The van der Waals surface area contributed by atoms with Gasteiger partial charge in [-0.1, -0.05) is 6.92 Å². The molecule has 0 saturated heterocycles. The van der Waals surface area contributed by atoms with Gasteiger partial charge in [0.1, 0.15) is 6.04 Å². The van der Waals surface area contributed by atoms with Crippen molar-refractivity contribution in [2.24, 2.45) is 0 Å². The highest BCUT2D eigenvalue weighted by atomic mass is 16.5. The minimum Gasteiger partial charge on any atom is -0.480 e. The van der Waals surface area contributed by atoms with E-state index in [9.17, 15) is 4.79 Å². The Morgan fingerprint density at radius 3 is 2.58 bits per heavy atom. The van der Waals surface area contributed by atoms with Crippen LogP contribution in [-0.2, 0) is 9.53 Å². The first kappa shape index (κ1) is 11.4. The van der Waals surface area contributed by atoms with Crippen LogP contribution in [0.3, 0.4) is 0 Å². The van der Waals surface area contributed by atoms with Gasteiger partial charge < -0.3 is 15.2 Å². The van der Waals surface area contributed by atoms with E-state index >= 15 is 0 Å². The average molecular weight is 175 g/mol. The summed E-state index contributed by atoms with van der Waals surface area (Å²) in [5, 5.41) is 11.3. The van der Waals surface area contributed by atoms with Crippen molar-refractivity contribution in [3.63, 3.8) is 0 Å². The van der Waals surface area contributed by atoms with Gasteiger partial charge in [-0.05, 0) is 20.4 Å². The molecule has 2 unspecified atom stereocenters. The van der Waals surface area contributed by atoms with E-state index < -0.39 is 12.0 Å². The number of nitrogens with one attached hydrogen (secondary N) is 1. The van der Waals surface area contributed by atoms with Gasteiger partial charge in [-0.25, -0.2) is 0 Å². The SMILES string of the molecule is CCC(C)OCC(NC)C(=O)O. The van der Waals surface area contributed by atoms with Crippen LogP contribution in [0.4, 0.5) is 0 Å². The first-order valence-corrected chi connectivity index (χ1v) is 4.13. The lowest BCUT2D eigenvalue weighted by atomic mass is 10.3. The number of carbonyl (C=O) groups is 1. The van der Waals surface area contributed by atoms with Crippen LogP contribution in [0.1, 0.15) is 20.3 Å². The van der Waals surface area contributed by atoms with Crippen LogP contribution in [0.2, 0.25) is 0 Å². The number of ether oxygens (including phenoxy) is 1. The van der Waals surface area contributed by atoms with E-state index in [4.69, 9.17) is 9.84 Å². The zero-order valence-electron chi connectivity index (χ0n) is 7.83. The Labute approximate surface area is 72.9 Å². The monoisotopic (exact) mass is 175 g/mol. The van der Waals surface area contributed by atoms with Gasteiger partial charge >= 0.3 is 5.97 Å². The molecule has 2 N–H and O–H groups in total. The predicted molar refractivity (Wildman–Crippen MR) is 46.2 cm³/mol. The Hall–Kier alpha value is -0.610. The zero-order valence-corrected chi connectivity index (χ0v) is 7.83. The fourth-order valence-corrected chi connectivity index (χ4v) is 0.656. The summed E-state index contributed by atoms with van der Waals surface area (Å²) in [6.45, 7) is 4.15. The third-order valence-electron chi connectivity index (χ3n) is 1.77. The summed E-state index contributed by atoms with van der Waals surface area (Å²) in [7, 11) is 1.61. The first-order chi connectivity index (χ1) is 5.61.